The zero-order valence-electron chi connectivity index (χ0n) is 10.5. The summed E-state index contributed by atoms with van der Waals surface area (Å²) < 4.78 is 5.05. The smallest absolute Gasteiger partial charge is 0.413 e. The number of nitrogens with zero attached hydrogens (tertiary/aromatic N) is 2. The molecule has 0 bridgehead atoms. The summed E-state index contributed by atoms with van der Waals surface area (Å²) in [5.74, 6) is 0.486. The number of aromatic nitrogens is 1. The Hall–Kier alpha value is -1.82. The Balaban J connectivity index is 2.50. The first-order chi connectivity index (χ1) is 8.51. The van der Waals surface area contributed by atoms with Gasteiger partial charge in [0.25, 0.3) is 0 Å². The minimum Gasteiger partial charge on any atom is -0.481 e. The van der Waals surface area contributed by atoms with Gasteiger partial charge in [0, 0.05) is 6.07 Å². The molecule has 0 radical (unpaired) electrons. The van der Waals surface area contributed by atoms with E-state index in [-0.39, 0.29) is 0 Å². The largest absolute Gasteiger partial charge is 0.481 e. The molecule has 0 aliphatic carbocycles. The SMILES string of the molecule is CCC1(N)CCc2nc(OC)ccc2N1C(=O)O. The number of carbonyl (C=O) groups is 1. The Morgan fingerprint density at radius 2 is 2.39 bits per heavy atom. The number of fused-ring (bicyclic) bond motifs is 1. The second-order valence-electron chi connectivity index (χ2n) is 4.39. The van der Waals surface area contributed by atoms with Gasteiger partial charge in [0.15, 0.2) is 0 Å². The number of hydrogen-bond donors (Lipinski definition) is 2. The highest BCUT2D eigenvalue weighted by atomic mass is 16.5. The molecule has 2 rings (SSSR count). The van der Waals surface area contributed by atoms with Crippen molar-refractivity contribution in [3.63, 3.8) is 0 Å². The summed E-state index contributed by atoms with van der Waals surface area (Å²) in [6.45, 7) is 1.89. The van der Waals surface area contributed by atoms with Gasteiger partial charge in [-0.15, -0.1) is 0 Å². The average molecular weight is 251 g/mol. The van der Waals surface area contributed by atoms with Gasteiger partial charge < -0.3 is 15.6 Å². The van der Waals surface area contributed by atoms with E-state index in [9.17, 15) is 9.90 Å². The molecule has 0 spiro atoms. The molecule has 1 amide bonds. The Labute approximate surface area is 105 Å². The van der Waals surface area contributed by atoms with E-state index in [4.69, 9.17) is 10.5 Å². The topological polar surface area (TPSA) is 88.7 Å². The minimum absolute atomic E-state index is 0.486. The summed E-state index contributed by atoms with van der Waals surface area (Å²) in [4.78, 5) is 16.9. The lowest BCUT2D eigenvalue weighted by atomic mass is 9.92. The van der Waals surface area contributed by atoms with E-state index in [1.807, 2.05) is 6.92 Å². The summed E-state index contributed by atoms with van der Waals surface area (Å²) in [5, 5.41) is 9.37. The van der Waals surface area contributed by atoms with Gasteiger partial charge in [0.05, 0.1) is 24.2 Å². The maximum absolute atomic E-state index is 11.4. The molecule has 3 N–H and O–H groups in total. The first-order valence-electron chi connectivity index (χ1n) is 5.88. The highest BCUT2D eigenvalue weighted by Crippen LogP contribution is 2.36. The van der Waals surface area contributed by atoms with Crippen molar-refractivity contribution in [3.8, 4) is 5.88 Å². The van der Waals surface area contributed by atoms with E-state index in [1.165, 1.54) is 12.0 Å². The first-order valence-corrected chi connectivity index (χ1v) is 5.88. The Morgan fingerprint density at radius 1 is 1.67 bits per heavy atom. The molecule has 18 heavy (non-hydrogen) atoms. The second-order valence-corrected chi connectivity index (χ2v) is 4.39. The van der Waals surface area contributed by atoms with E-state index in [2.05, 4.69) is 4.98 Å². The van der Waals surface area contributed by atoms with Crippen LogP contribution >= 0.6 is 0 Å². The monoisotopic (exact) mass is 251 g/mol. The highest BCUT2D eigenvalue weighted by Gasteiger charge is 2.40. The van der Waals surface area contributed by atoms with E-state index in [0.29, 0.717) is 36.5 Å². The van der Waals surface area contributed by atoms with Gasteiger partial charge in [-0.2, -0.15) is 0 Å². The van der Waals surface area contributed by atoms with Crippen LogP contribution in [0.25, 0.3) is 0 Å². The van der Waals surface area contributed by atoms with Crippen LogP contribution < -0.4 is 15.4 Å². The summed E-state index contributed by atoms with van der Waals surface area (Å²) >= 11 is 0. The summed E-state index contributed by atoms with van der Waals surface area (Å²) in [7, 11) is 1.53. The Bertz CT molecular complexity index is 478. The molecule has 0 saturated heterocycles. The third kappa shape index (κ3) is 1.88. The molecule has 6 heteroatoms. The molecular weight excluding hydrogens is 234 g/mol. The van der Waals surface area contributed by atoms with Crippen LogP contribution in [0.1, 0.15) is 25.5 Å². The highest BCUT2D eigenvalue weighted by molar-refractivity contribution is 5.89. The number of amides is 1. The van der Waals surface area contributed by atoms with E-state index in [0.717, 1.165) is 0 Å². The lowest BCUT2D eigenvalue weighted by Crippen LogP contribution is -2.60. The molecule has 1 unspecified atom stereocenters. The van der Waals surface area contributed by atoms with Gasteiger partial charge in [-0.1, -0.05) is 6.92 Å². The summed E-state index contributed by atoms with van der Waals surface area (Å²) in [6.07, 6.45) is 0.723. The maximum atomic E-state index is 11.4. The number of rotatable bonds is 2. The van der Waals surface area contributed by atoms with Crippen LogP contribution in [0.15, 0.2) is 12.1 Å². The molecule has 1 aliphatic rings. The zero-order chi connectivity index (χ0) is 13.3. The van der Waals surface area contributed by atoms with Crippen molar-refractivity contribution in [2.45, 2.75) is 31.8 Å². The van der Waals surface area contributed by atoms with Gasteiger partial charge in [0.1, 0.15) is 0 Å². The van der Waals surface area contributed by atoms with Crippen molar-refractivity contribution in [2.24, 2.45) is 5.73 Å². The number of hydrogen-bond acceptors (Lipinski definition) is 4. The van der Waals surface area contributed by atoms with E-state index in [1.54, 1.807) is 12.1 Å². The van der Waals surface area contributed by atoms with Gasteiger partial charge in [0.2, 0.25) is 5.88 Å². The van der Waals surface area contributed by atoms with Crippen LogP contribution in [0.5, 0.6) is 5.88 Å². The predicted octanol–water partition coefficient (Wildman–Crippen LogP) is 1.59. The molecule has 1 aromatic heterocycles. The fourth-order valence-corrected chi connectivity index (χ4v) is 2.29. The molecule has 1 aliphatic heterocycles. The normalized spacial score (nSPS) is 22.5. The molecule has 6 nitrogen and oxygen atoms in total. The van der Waals surface area contributed by atoms with Crippen LogP contribution in [0.3, 0.4) is 0 Å². The lowest BCUT2D eigenvalue weighted by Gasteiger charge is -2.42. The lowest BCUT2D eigenvalue weighted by molar-refractivity contribution is 0.187. The molecular formula is C12H17N3O3. The van der Waals surface area contributed by atoms with Crippen LogP contribution in [-0.2, 0) is 6.42 Å². The predicted molar refractivity (Wildman–Crippen MR) is 66.8 cm³/mol. The Morgan fingerprint density at radius 3 is 2.94 bits per heavy atom. The zero-order valence-corrected chi connectivity index (χ0v) is 10.5. The van der Waals surface area contributed by atoms with Crippen LogP contribution in [0.4, 0.5) is 10.5 Å². The number of pyridine rings is 1. The average Bonchev–Trinajstić information content (AvgIpc) is 2.37. The van der Waals surface area contributed by atoms with Gasteiger partial charge in [-0.05, 0) is 25.3 Å². The van der Waals surface area contributed by atoms with Crippen LogP contribution in [0.2, 0.25) is 0 Å². The number of ether oxygens (including phenoxy) is 1. The molecule has 1 aromatic rings. The quantitative estimate of drug-likeness (QED) is 0.833. The third-order valence-electron chi connectivity index (χ3n) is 3.42. The molecule has 0 saturated carbocycles. The van der Waals surface area contributed by atoms with Gasteiger partial charge in [-0.3, -0.25) is 4.90 Å². The van der Waals surface area contributed by atoms with E-state index < -0.39 is 11.8 Å². The number of nitrogens with two attached hydrogens (primary N) is 1. The van der Waals surface area contributed by atoms with Crippen molar-refractivity contribution in [1.82, 2.24) is 4.98 Å². The van der Waals surface area contributed by atoms with Gasteiger partial charge >= 0.3 is 6.09 Å². The standard InChI is InChI=1S/C12H17N3O3/c1-3-12(13)7-6-8-9(15(12)11(16)17)4-5-10(14-8)18-2/h4-5H,3,6-7,13H2,1-2H3,(H,16,17). The number of anilines is 1. The Kier molecular flexibility index (Phi) is 3.13. The van der Waals surface area contributed by atoms with E-state index >= 15 is 0 Å². The second kappa shape index (κ2) is 4.45. The van der Waals surface area contributed by atoms with Crippen molar-refractivity contribution >= 4 is 11.8 Å². The number of methoxy groups -OCH3 is 1. The molecule has 0 aromatic carbocycles. The fraction of sp³-hybridized carbons (Fsp3) is 0.500. The third-order valence-corrected chi connectivity index (χ3v) is 3.42. The van der Waals surface area contributed by atoms with Gasteiger partial charge in [-0.25, -0.2) is 9.78 Å². The molecule has 98 valence electrons. The van der Waals surface area contributed by atoms with Crippen molar-refractivity contribution in [2.75, 3.05) is 12.0 Å². The van der Waals surface area contributed by atoms with Crippen molar-refractivity contribution in [1.29, 1.82) is 0 Å². The molecule has 2 heterocycles. The summed E-state index contributed by atoms with van der Waals surface area (Å²) in [6, 6.07) is 3.35. The van der Waals surface area contributed by atoms with Crippen LogP contribution in [0, 0.1) is 0 Å². The number of carboxylic acid groups (broad SMARTS) is 1. The number of aryl methyl sites for hydroxylation is 1. The summed E-state index contributed by atoms with van der Waals surface area (Å²) in [5.41, 5.74) is 6.59. The van der Waals surface area contributed by atoms with Crippen LogP contribution in [-0.4, -0.2) is 29.0 Å². The molecule has 1 atom stereocenters. The van der Waals surface area contributed by atoms with Crippen molar-refractivity contribution < 1.29 is 14.6 Å². The fourth-order valence-electron chi connectivity index (χ4n) is 2.29. The maximum Gasteiger partial charge on any atom is 0.413 e. The van der Waals surface area contributed by atoms with Crippen molar-refractivity contribution in [3.05, 3.63) is 17.8 Å². The molecule has 0 fully saturated rings. The minimum atomic E-state index is -1.05. The first kappa shape index (κ1) is 12.6.